The number of rotatable bonds is 3. The molecule has 0 spiro atoms. The SMILES string of the molecule is CC(C)(C)OC(=O)N1CCN(c2nc3nc(-c4ccccc4)c(C(=O)O)cn3n2)CC1. The lowest BCUT2D eigenvalue weighted by molar-refractivity contribution is 0.0240. The molecule has 2 aromatic heterocycles. The molecule has 0 aliphatic carbocycles. The van der Waals surface area contributed by atoms with E-state index in [1.165, 1.54) is 10.7 Å². The van der Waals surface area contributed by atoms with Gasteiger partial charge in [0.2, 0.25) is 5.95 Å². The summed E-state index contributed by atoms with van der Waals surface area (Å²) in [6, 6.07) is 9.12. The Morgan fingerprint density at radius 2 is 1.71 bits per heavy atom. The molecule has 1 aromatic carbocycles. The van der Waals surface area contributed by atoms with Crippen molar-refractivity contribution in [2.24, 2.45) is 0 Å². The van der Waals surface area contributed by atoms with Crippen LogP contribution in [0.2, 0.25) is 0 Å². The fourth-order valence-electron chi connectivity index (χ4n) is 3.33. The van der Waals surface area contributed by atoms with E-state index < -0.39 is 11.6 Å². The molecule has 0 atom stereocenters. The van der Waals surface area contributed by atoms with E-state index in [1.807, 2.05) is 43.9 Å². The first-order valence-corrected chi connectivity index (χ1v) is 10.0. The maximum atomic E-state index is 12.3. The van der Waals surface area contributed by atoms with Crippen molar-refractivity contribution in [2.75, 3.05) is 31.1 Å². The van der Waals surface area contributed by atoms with Gasteiger partial charge in [-0.3, -0.25) is 0 Å². The Morgan fingerprint density at radius 1 is 1.03 bits per heavy atom. The molecular formula is C21H24N6O4. The molecule has 3 heterocycles. The van der Waals surface area contributed by atoms with Crippen molar-refractivity contribution < 1.29 is 19.4 Å². The molecule has 162 valence electrons. The zero-order valence-corrected chi connectivity index (χ0v) is 17.6. The van der Waals surface area contributed by atoms with Crippen molar-refractivity contribution in [1.82, 2.24) is 24.5 Å². The number of carbonyl (C=O) groups excluding carboxylic acids is 1. The molecule has 0 saturated carbocycles. The number of benzene rings is 1. The number of anilines is 1. The third-order valence-electron chi connectivity index (χ3n) is 4.81. The first-order chi connectivity index (χ1) is 14.7. The lowest BCUT2D eigenvalue weighted by atomic mass is 10.1. The number of hydrogen-bond acceptors (Lipinski definition) is 7. The molecule has 1 N–H and O–H groups in total. The second-order valence-corrected chi connectivity index (χ2v) is 8.29. The van der Waals surface area contributed by atoms with Gasteiger partial charge in [-0.25, -0.2) is 19.1 Å². The first-order valence-electron chi connectivity index (χ1n) is 10.0. The van der Waals surface area contributed by atoms with Crippen LogP contribution in [0.3, 0.4) is 0 Å². The van der Waals surface area contributed by atoms with Gasteiger partial charge in [-0.05, 0) is 20.8 Å². The lowest BCUT2D eigenvalue weighted by Crippen LogP contribution is -2.50. The van der Waals surface area contributed by atoms with Crippen LogP contribution >= 0.6 is 0 Å². The van der Waals surface area contributed by atoms with Crippen molar-refractivity contribution >= 4 is 23.8 Å². The van der Waals surface area contributed by atoms with Crippen molar-refractivity contribution in [3.63, 3.8) is 0 Å². The normalized spacial score (nSPS) is 14.7. The molecule has 0 unspecified atom stereocenters. The summed E-state index contributed by atoms with van der Waals surface area (Å²) < 4.78 is 6.80. The largest absolute Gasteiger partial charge is 0.478 e. The number of nitrogens with zero attached hydrogens (tertiary/aromatic N) is 6. The number of carbonyl (C=O) groups is 2. The van der Waals surface area contributed by atoms with Gasteiger partial charge in [0.25, 0.3) is 5.78 Å². The fourth-order valence-corrected chi connectivity index (χ4v) is 3.33. The van der Waals surface area contributed by atoms with Gasteiger partial charge in [0.05, 0.1) is 5.69 Å². The van der Waals surface area contributed by atoms with E-state index in [2.05, 4.69) is 15.1 Å². The summed E-state index contributed by atoms with van der Waals surface area (Å²) in [6.07, 6.45) is 1.09. The third-order valence-corrected chi connectivity index (χ3v) is 4.81. The Hall–Kier alpha value is -3.69. The highest BCUT2D eigenvalue weighted by molar-refractivity contribution is 5.94. The molecule has 10 heteroatoms. The minimum Gasteiger partial charge on any atom is -0.478 e. The van der Waals surface area contributed by atoms with Gasteiger partial charge in [-0.2, -0.15) is 4.98 Å². The Bertz CT molecular complexity index is 1110. The Labute approximate surface area is 179 Å². The first kappa shape index (κ1) is 20.6. The summed E-state index contributed by atoms with van der Waals surface area (Å²) in [4.78, 5) is 36.6. The fraction of sp³-hybridized carbons (Fsp3) is 0.381. The summed E-state index contributed by atoms with van der Waals surface area (Å²) in [5.41, 5.74) is 0.540. The maximum absolute atomic E-state index is 12.3. The number of amides is 1. The van der Waals surface area contributed by atoms with Gasteiger partial charge in [0.15, 0.2) is 0 Å². The zero-order valence-electron chi connectivity index (χ0n) is 17.6. The quantitative estimate of drug-likeness (QED) is 0.682. The number of hydrogen-bond donors (Lipinski definition) is 1. The highest BCUT2D eigenvalue weighted by atomic mass is 16.6. The average molecular weight is 424 g/mol. The van der Waals surface area contributed by atoms with Crippen LogP contribution in [-0.2, 0) is 4.74 Å². The lowest BCUT2D eigenvalue weighted by Gasteiger charge is -2.35. The predicted octanol–water partition coefficient (Wildman–Crippen LogP) is 2.55. The van der Waals surface area contributed by atoms with E-state index in [9.17, 15) is 14.7 Å². The minimum absolute atomic E-state index is 0.0462. The van der Waals surface area contributed by atoms with Crippen LogP contribution in [0, 0.1) is 0 Å². The number of ether oxygens (including phenoxy) is 1. The number of aromatic carboxylic acids is 1. The van der Waals surface area contributed by atoms with Crippen molar-refractivity contribution in [3.05, 3.63) is 42.1 Å². The molecule has 1 fully saturated rings. The Morgan fingerprint density at radius 3 is 2.32 bits per heavy atom. The second kappa shape index (κ2) is 7.86. The van der Waals surface area contributed by atoms with Crippen molar-refractivity contribution in [1.29, 1.82) is 0 Å². The average Bonchev–Trinajstić information content (AvgIpc) is 3.15. The molecule has 1 aliphatic heterocycles. The van der Waals surface area contributed by atoms with E-state index in [0.29, 0.717) is 49.2 Å². The van der Waals surface area contributed by atoms with Crippen LogP contribution in [0.5, 0.6) is 0 Å². The van der Waals surface area contributed by atoms with Gasteiger partial charge in [-0.15, -0.1) is 5.10 Å². The summed E-state index contributed by atoms with van der Waals surface area (Å²) in [7, 11) is 0. The van der Waals surface area contributed by atoms with E-state index in [-0.39, 0.29) is 11.7 Å². The number of aromatic nitrogens is 4. The topological polar surface area (TPSA) is 113 Å². The molecule has 0 bridgehead atoms. The highest BCUT2D eigenvalue weighted by Gasteiger charge is 2.27. The zero-order chi connectivity index (χ0) is 22.2. The highest BCUT2D eigenvalue weighted by Crippen LogP contribution is 2.23. The molecule has 3 aromatic rings. The number of carboxylic acid groups (broad SMARTS) is 1. The number of piperazine rings is 1. The molecule has 1 aliphatic rings. The molecule has 10 nitrogen and oxygen atoms in total. The van der Waals surface area contributed by atoms with Crippen LogP contribution in [0.1, 0.15) is 31.1 Å². The van der Waals surface area contributed by atoms with E-state index in [0.717, 1.165) is 0 Å². The van der Waals surface area contributed by atoms with Crippen LogP contribution in [0.15, 0.2) is 36.5 Å². The van der Waals surface area contributed by atoms with Crippen molar-refractivity contribution in [2.45, 2.75) is 26.4 Å². The molecule has 1 amide bonds. The Balaban J connectivity index is 1.56. The van der Waals surface area contributed by atoms with Crippen LogP contribution in [-0.4, -0.2) is 73.4 Å². The van der Waals surface area contributed by atoms with Gasteiger partial charge in [-0.1, -0.05) is 30.3 Å². The molecule has 0 radical (unpaired) electrons. The van der Waals surface area contributed by atoms with E-state index >= 15 is 0 Å². The van der Waals surface area contributed by atoms with Gasteiger partial charge in [0, 0.05) is 37.9 Å². The maximum Gasteiger partial charge on any atom is 0.410 e. The van der Waals surface area contributed by atoms with Gasteiger partial charge >= 0.3 is 12.1 Å². The van der Waals surface area contributed by atoms with Crippen molar-refractivity contribution in [3.8, 4) is 11.3 Å². The minimum atomic E-state index is -1.09. The third kappa shape index (κ3) is 4.42. The smallest absolute Gasteiger partial charge is 0.410 e. The van der Waals surface area contributed by atoms with E-state index in [4.69, 9.17) is 4.74 Å². The monoisotopic (exact) mass is 424 g/mol. The summed E-state index contributed by atoms with van der Waals surface area (Å²) in [5.74, 6) is -0.331. The molecule has 4 rings (SSSR count). The number of fused-ring (bicyclic) bond motifs is 1. The van der Waals surface area contributed by atoms with Gasteiger partial charge < -0.3 is 19.6 Å². The predicted molar refractivity (Wildman–Crippen MR) is 113 cm³/mol. The molecular weight excluding hydrogens is 400 g/mol. The van der Waals surface area contributed by atoms with Crippen LogP contribution in [0.25, 0.3) is 17.0 Å². The van der Waals surface area contributed by atoms with Gasteiger partial charge in [0.1, 0.15) is 11.2 Å². The second-order valence-electron chi connectivity index (χ2n) is 8.29. The summed E-state index contributed by atoms with van der Waals surface area (Å²) in [5, 5.41) is 14.1. The molecule has 1 saturated heterocycles. The summed E-state index contributed by atoms with van der Waals surface area (Å²) >= 11 is 0. The van der Waals surface area contributed by atoms with Crippen LogP contribution < -0.4 is 4.90 Å². The summed E-state index contributed by atoms with van der Waals surface area (Å²) in [6.45, 7) is 7.54. The van der Waals surface area contributed by atoms with Crippen LogP contribution in [0.4, 0.5) is 10.7 Å². The standard InChI is InChI=1S/C21H24N6O4/c1-21(2,3)31-20(30)26-11-9-25(10-12-26)19-23-18-22-16(14-7-5-4-6-8-14)15(17(28)29)13-27(18)24-19/h4-8,13H,9-12H2,1-3H3,(H,28,29). The number of carboxylic acids is 1. The van der Waals surface area contributed by atoms with E-state index in [1.54, 1.807) is 17.0 Å². The Kier molecular flexibility index (Phi) is 5.22. The molecule has 31 heavy (non-hydrogen) atoms.